The lowest BCUT2D eigenvalue weighted by Crippen LogP contribution is -2.30. The molecule has 0 unspecified atom stereocenters. The highest BCUT2D eigenvalue weighted by molar-refractivity contribution is 8.16. The van der Waals surface area contributed by atoms with Crippen molar-refractivity contribution in [1.82, 2.24) is 4.98 Å². The van der Waals surface area contributed by atoms with Gasteiger partial charge in [-0.3, -0.25) is 4.98 Å². The van der Waals surface area contributed by atoms with Gasteiger partial charge in [0.05, 0.1) is 0 Å². The van der Waals surface area contributed by atoms with E-state index in [0.717, 1.165) is 34.8 Å². The van der Waals surface area contributed by atoms with Gasteiger partial charge in [-0.15, -0.1) is 0 Å². The molecule has 0 bridgehead atoms. The van der Waals surface area contributed by atoms with E-state index >= 15 is 0 Å². The van der Waals surface area contributed by atoms with Crippen molar-refractivity contribution in [3.8, 4) is 11.1 Å². The number of benzene rings is 1. The van der Waals surface area contributed by atoms with Crippen LogP contribution in [0.1, 0.15) is 94.5 Å². The molecule has 0 atom stereocenters. The third-order valence-electron chi connectivity index (χ3n) is 7.19. The zero-order valence-corrected chi connectivity index (χ0v) is 27.3. The Hall–Kier alpha value is -0.400. The molecule has 6 heteroatoms. The summed E-state index contributed by atoms with van der Waals surface area (Å²) in [5.41, 5.74) is 3.89. The van der Waals surface area contributed by atoms with Gasteiger partial charge in [0.15, 0.2) is 0 Å². The molecule has 1 aromatic heterocycles. The summed E-state index contributed by atoms with van der Waals surface area (Å²) in [7, 11) is 0. The second kappa shape index (κ2) is 10.1. The van der Waals surface area contributed by atoms with E-state index in [4.69, 9.17) is 28.6 Å². The maximum absolute atomic E-state index is 14.2. The first kappa shape index (κ1) is 30.8. The number of pyridine rings is 1. The summed E-state index contributed by atoms with van der Waals surface area (Å²) in [6.07, 6.45) is 1.55. The van der Waals surface area contributed by atoms with E-state index in [1.807, 2.05) is 6.07 Å². The Morgan fingerprint density at radius 3 is 1.31 bits per heavy atom. The second-order valence-electron chi connectivity index (χ2n) is 13.8. The number of hydrogen-bond donors (Lipinski definition) is 0. The zero-order valence-electron chi connectivity index (χ0n) is 23.9. The normalized spacial score (nSPS) is 14.3. The lowest BCUT2D eigenvalue weighted by Gasteiger charge is -2.46. The van der Waals surface area contributed by atoms with Gasteiger partial charge >= 0.3 is 0 Å². The van der Waals surface area contributed by atoms with Crippen LogP contribution in [0, 0.1) is 5.82 Å². The Kier molecular flexibility index (Phi) is 8.85. The van der Waals surface area contributed by atoms with E-state index in [1.165, 1.54) is 6.07 Å². The molecule has 0 aliphatic heterocycles. The van der Waals surface area contributed by atoms with Gasteiger partial charge in [-0.05, 0) is 68.1 Å². The van der Waals surface area contributed by atoms with Crippen molar-refractivity contribution in [2.75, 3.05) is 0 Å². The SMILES string of the molecule is CC(C)(C)P(=S)(Cc1cc(-c2cccc(F)c2)cc(CP(=S)(C(C)(C)C)C(C)(C)C)n1)C(C)(C)C. The third-order valence-corrected chi connectivity index (χ3v) is 24.7. The number of aromatic nitrogens is 1. The van der Waals surface area contributed by atoms with Crippen molar-refractivity contribution in [2.24, 2.45) is 0 Å². The number of nitrogens with zero attached hydrogens (tertiary/aromatic N) is 1. The fourth-order valence-corrected chi connectivity index (χ4v) is 13.0. The van der Waals surface area contributed by atoms with Crippen LogP contribution in [0.3, 0.4) is 0 Å². The summed E-state index contributed by atoms with van der Waals surface area (Å²) in [4.78, 5) is 5.23. The fraction of sp³-hybridized carbons (Fsp3) is 0.621. The molecule has 2 rings (SSSR count). The van der Waals surface area contributed by atoms with Gasteiger partial charge in [-0.25, -0.2) is 4.39 Å². The predicted molar refractivity (Wildman–Crippen MR) is 165 cm³/mol. The average molecular weight is 554 g/mol. The topological polar surface area (TPSA) is 12.9 Å². The minimum atomic E-state index is -1.89. The van der Waals surface area contributed by atoms with Crippen molar-refractivity contribution in [1.29, 1.82) is 0 Å². The van der Waals surface area contributed by atoms with Crippen LogP contribution in [0.15, 0.2) is 36.4 Å². The molecule has 0 saturated heterocycles. The summed E-state index contributed by atoms with van der Waals surface area (Å²) < 4.78 is 14.2. The third kappa shape index (κ3) is 6.54. The maximum Gasteiger partial charge on any atom is 0.123 e. The monoisotopic (exact) mass is 553 g/mol. The largest absolute Gasteiger partial charge is 0.257 e. The van der Waals surface area contributed by atoms with Crippen molar-refractivity contribution >= 4 is 35.7 Å². The highest BCUT2D eigenvalue weighted by Crippen LogP contribution is 2.70. The van der Waals surface area contributed by atoms with Crippen molar-refractivity contribution in [3.05, 3.63) is 53.6 Å². The molecule has 196 valence electrons. The van der Waals surface area contributed by atoms with Crippen LogP contribution in [0.2, 0.25) is 0 Å². The number of halogens is 1. The first-order valence-corrected chi connectivity index (χ1v) is 18.4. The molecule has 0 aliphatic carbocycles. The molecule has 2 aromatic rings. The lowest BCUT2D eigenvalue weighted by molar-refractivity contribution is 0.628. The van der Waals surface area contributed by atoms with Gasteiger partial charge in [0.2, 0.25) is 0 Å². The summed E-state index contributed by atoms with van der Waals surface area (Å²) >= 11 is 13.0. The Labute approximate surface area is 225 Å². The number of hydrogen-bond acceptors (Lipinski definition) is 3. The highest BCUT2D eigenvalue weighted by Gasteiger charge is 2.43. The average Bonchev–Trinajstić information content (AvgIpc) is 2.64. The molecule has 0 N–H and O–H groups in total. The van der Waals surface area contributed by atoms with Crippen LogP contribution < -0.4 is 0 Å². The van der Waals surface area contributed by atoms with Crippen LogP contribution in [0.5, 0.6) is 0 Å². The number of rotatable bonds is 5. The van der Waals surface area contributed by atoms with Gasteiger partial charge in [-0.1, -0.05) is 119 Å². The van der Waals surface area contributed by atoms with E-state index < -0.39 is 12.1 Å². The van der Waals surface area contributed by atoms with Crippen LogP contribution in [0.4, 0.5) is 4.39 Å². The summed E-state index contributed by atoms with van der Waals surface area (Å²) in [5.74, 6) is -0.230. The molecule has 0 radical (unpaired) electrons. The van der Waals surface area contributed by atoms with Crippen LogP contribution >= 0.6 is 12.1 Å². The van der Waals surface area contributed by atoms with E-state index in [0.29, 0.717) is 0 Å². The molecule has 35 heavy (non-hydrogen) atoms. The van der Waals surface area contributed by atoms with E-state index in [9.17, 15) is 4.39 Å². The quantitative estimate of drug-likeness (QED) is 0.342. The van der Waals surface area contributed by atoms with Gasteiger partial charge in [0, 0.05) is 23.7 Å². The maximum atomic E-state index is 14.2. The molecule has 0 spiro atoms. The standard InChI is InChI=1S/C29H46FNP2S2/c1-26(2,3)32(34,27(4,5)6)19-24-17-22(21-14-13-15-23(30)16-21)18-25(31-24)20-33(35,28(7,8)9)29(10,11)12/h13-18H,19-20H2,1-12H3. The van der Waals surface area contributed by atoms with E-state index in [-0.39, 0.29) is 26.4 Å². The van der Waals surface area contributed by atoms with Crippen LogP contribution in [-0.2, 0) is 35.9 Å². The van der Waals surface area contributed by atoms with Gasteiger partial charge < -0.3 is 0 Å². The molecule has 1 heterocycles. The predicted octanol–water partition coefficient (Wildman–Crippen LogP) is 10.0. The van der Waals surface area contributed by atoms with Crippen molar-refractivity contribution in [2.45, 2.75) is 116 Å². The Morgan fingerprint density at radius 2 is 1.00 bits per heavy atom. The Bertz CT molecular complexity index is 1060. The first-order valence-electron chi connectivity index (χ1n) is 12.5. The van der Waals surface area contributed by atoms with Gasteiger partial charge in [0.25, 0.3) is 0 Å². The van der Waals surface area contributed by atoms with Crippen LogP contribution in [0.25, 0.3) is 11.1 Å². The molecular weight excluding hydrogens is 507 g/mol. The molecule has 1 aromatic carbocycles. The lowest BCUT2D eigenvalue weighted by atomic mass is 10.1. The summed E-state index contributed by atoms with van der Waals surface area (Å²) in [6, 6.07) is 7.34. The molecule has 0 fully saturated rings. The molecular formula is C29H46FNP2S2. The molecule has 0 aliphatic rings. The molecule has 0 saturated carbocycles. The van der Waals surface area contributed by atoms with E-state index in [1.54, 1.807) is 12.1 Å². The van der Waals surface area contributed by atoms with Crippen molar-refractivity contribution < 1.29 is 4.39 Å². The Balaban J connectivity index is 2.78. The first-order chi connectivity index (χ1) is 15.5. The fourth-order valence-electron chi connectivity index (χ4n) is 5.06. The summed E-state index contributed by atoms with van der Waals surface area (Å²) in [5, 5.41) is 0.0114. The minimum absolute atomic E-state index is 0.00286. The van der Waals surface area contributed by atoms with E-state index in [2.05, 4.69) is 95.2 Å². The van der Waals surface area contributed by atoms with Crippen molar-refractivity contribution in [3.63, 3.8) is 0 Å². The molecule has 1 nitrogen and oxygen atoms in total. The highest BCUT2D eigenvalue weighted by atomic mass is 32.4. The zero-order chi connectivity index (χ0) is 27.3. The van der Waals surface area contributed by atoms with Crippen LogP contribution in [-0.4, -0.2) is 25.6 Å². The second-order valence-corrected chi connectivity index (χ2v) is 26.5. The minimum Gasteiger partial charge on any atom is -0.257 e. The Morgan fingerprint density at radius 1 is 0.629 bits per heavy atom. The van der Waals surface area contributed by atoms with Gasteiger partial charge in [-0.2, -0.15) is 0 Å². The summed E-state index contributed by atoms with van der Waals surface area (Å²) in [6.45, 7) is 27.3. The smallest absolute Gasteiger partial charge is 0.123 e. The van der Waals surface area contributed by atoms with Gasteiger partial charge in [0.1, 0.15) is 5.82 Å². The molecule has 0 amide bonds.